The van der Waals surface area contributed by atoms with Gasteiger partial charge in [0, 0.05) is 16.6 Å². The Morgan fingerprint density at radius 1 is 1.47 bits per heavy atom. The van der Waals surface area contributed by atoms with Crippen molar-refractivity contribution in [1.29, 1.82) is 0 Å². The predicted octanol–water partition coefficient (Wildman–Crippen LogP) is 2.40. The van der Waals surface area contributed by atoms with Crippen molar-refractivity contribution < 1.29 is 9.53 Å². The van der Waals surface area contributed by atoms with E-state index in [0.29, 0.717) is 23.0 Å². The Balaban J connectivity index is 2.49. The molecule has 1 aliphatic rings. The van der Waals surface area contributed by atoms with Gasteiger partial charge in [-0.15, -0.1) is 0 Å². The van der Waals surface area contributed by atoms with E-state index in [1.54, 1.807) is 18.2 Å². The molecular formula is C12H13Cl2NO2. The first kappa shape index (κ1) is 12.7. The molecule has 1 aromatic rings. The Bertz CT molecular complexity index is 442. The van der Waals surface area contributed by atoms with Crippen LogP contribution in [0.25, 0.3) is 0 Å². The van der Waals surface area contributed by atoms with Crippen molar-refractivity contribution in [1.82, 2.24) is 5.32 Å². The molecule has 0 spiro atoms. The van der Waals surface area contributed by atoms with Gasteiger partial charge in [0.2, 0.25) is 0 Å². The second-order valence-corrected chi connectivity index (χ2v) is 4.97. The number of esters is 1. The van der Waals surface area contributed by atoms with Crippen molar-refractivity contribution in [2.75, 3.05) is 20.2 Å². The highest BCUT2D eigenvalue weighted by Crippen LogP contribution is 2.37. The first-order chi connectivity index (χ1) is 8.10. The zero-order valence-electron chi connectivity index (χ0n) is 9.43. The minimum absolute atomic E-state index is 0.258. The smallest absolute Gasteiger partial charge is 0.317 e. The molecule has 0 aliphatic carbocycles. The molecule has 1 unspecified atom stereocenters. The topological polar surface area (TPSA) is 38.3 Å². The molecule has 17 heavy (non-hydrogen) atoms. The SMILES string of the molecule is COC(=O)C1(c2ccc(Cl)cc2Cl)CCNC1. The Labute approximate surface area is 110 Å². The summed E-state index contributed by atoms with van der Waals surface area (Å²) in [6, 6.07) is 5.20. The zero-order valence-corrected chi connectivity index (χ0v) is 10.9. The maximum atomic E-state index is 12.0. The largest absolute Gasteiger partial charge is 0.468 e. The zero-order chi connectivity index (χ0) is 12.5. The highest BCUT2D eigenvalue weighted by molar-refractivity contribution is 6.35. The van der Waals surface area contributed by atoms with Crippen LogP contribution in [0.15, 0.2) is 18.2 Å². The fourth-order valence-electron chi connectivity index (χ4n) is 2.28. The molecule has 0 bridgehead atoms. The van der Waals surface area contributed by atoms with Gasteiger partial charge in [-0.05, 0) is 30.7 Å². The van der Waals surface area contributed by atoms with E-state index in [-0.39, 0.29) is 5.97 Å². The van der Waals surface area contributed by atoms with Gasteiger partial charge in [-0.2, -0.15) is 0 Å². The number of methoxy groups -OCH3 is 1. The van der Waals surface area contributed by atoms with Crippen LogP contribution in [0.4, 0.5) is 0 Å². The summed E-state index contributed by atoms with van der Waals surface area (Å²) in [5.74, 6) is -0.258. The maximum Gasteiger partial charge on any atom is 0.317 e. The average molecular weight is 274 g/mol. The predicted molar refractivity (Wildman–Crippen MR) is 67.6 cm³/mol. The third kappa shape index (κ3) is 2.15. The van der Waals surface area contributed by atoms with Crippen molar-refractivity contribution in [2.24, 2.45) is 0 Å². The van der Waals surface area contributed by atoms with Gasteiger partial charge in [-0.25, -0.2) is 0 Å². The van der Waals surface area contributed by atoms with E-state index < -0.39 is 5.41 Å². The van der Waals surface area contributed by atoms with Crippen LogP contribution >= 0.6 is 23.2 Å². The maximum absolute atomic E-state index is 12.0. The molecule has 1 heterocycles. The molecule has 0 aromatic heterocycles. The number of ether oxygens (including phenoxy) is 1. The first-order valence-electron chi connectivity index (χ1n) is 5.35. The number of carbonyl (C=O) groups excluding carboxylic acids is 1. The minimum Gasteiger partial charge on any atom is -0.468 e. The van der Waals surface area contributed by atoms with E-state index in [9.17, 15) is 4.79 Å². The molecule has 1 fully saturated rings. The summed E-state index contributed by atoms with van der Waals surface area (Å²) >= 11 is 12.0. The Kier molecular flexibility index (Phi) is 3.61. The monoisotopic (exact) mass is 273 g/mol. The number of carbonyl (C=O) groups is 1. The molecule has 3 nitrogen and oxygen atoms in total. The minimum atomic E-state index is -0.684. The molecule has 0 amide bonds. The lowest BCUT2D eigenvalue weighted by Gasteiger charge is -2.26. The van der Waals surface area contributed by atoms with E-state index in [4.69, 9.17) is 27.9 Å². The molecular weight excluding hydrogens is 261 g/mol. The summed E-state index contributed by atoms with van der Waals surface area (Å²) in [6.45, 7) is 1.31. The summed E-state index contributed by atoms with van der Waals surface area (Å²) in [5.41, 5.74) is 0.0941. The van der Waals surface area contributed by atoms with Gasteiger partial charge >= 0.3 is 5.97 Å². The number of halogens is 2. The Morgan fingerprint density at radius 2 is 2.24 bits per heavy atom. The highest BCUT2D eigenvalue weighted by atomic mass is 35.5. The summed E-state index contributed by atoms with van der Waals surface area (Å²) in [6.07, 6.45) is 0.682. The van der Waals surface area contributed by atoms with Crippen molar-refractivity contribution in [3.05, 3.63) is 33.8 Å². The standard InChI is InChI=1S/C12H13Cl2NO2/c1-17-11(16)12(4-5-15-7-12)9-3-2-8(13)6-10(9)14/h2-3,6,15H,4-5,7H2,1H3. The summed E-state index contributed by atoms with van der Waals surface area (Å²) in [4.78, 5) is 12.0. The first-order valence-corrected chi connectivity index (χ1v) is 6.10. The van der Waals surface area contributed by atoms with Gasteiger partial charge in [0.05, 0.1) is 7.11 Å². The number of hydrogen-bond donors (Lipinski definition) is 1. The fraction of sp³-hybridized carbons (Fsp3) is 0.417. The van der Waals surface area contributed by atoms with Crippen LogP contribution in [0.5, 0.6) is 0 Å². The number of rotatable bonds is 2. The number of nitrogens with one attached hydrogen (secondary N) is 1. The quantitative estimate of drug-likeness (QED) is 0.841. The van der Waals surface area contributed by atoms with Gasteiger partial charge in [0.15, 0.2) is 0 Å². The van der Waals surface area contributed by atoms with Gasteiger partial charge in [-0.1, -0.05) is 29.3 Å². The van der Waals surface area contributed by atoms with Crippen LogP contribution in [-0.2, 0) is 14.9 Å². The highest BCUT2D eigenvalue weighted by Gasteiger charge is 2.45. The molecule has 1 saturated heterocycles. The number of benzene rings is 1. The summed E-state index contributed by atoms with van der Waals surface area (Å²) in [7, 11) is 1.40. The van der Waals surface area contributed by atoms with Crippen LogP contribution in [0.1, 0.15) is 12.0 Å². The molecule has 1 N–H and O–H groups in total. The average Bonchev–Trinajstić information content (AvgIpc) is 2.78. The van der Waals surface area contributed by atoms with Crippen molar-refractivity contribution in [3.63, 3.8) is 0 Å². The molecule has 2 rings (SSSR count). The lowest BCUT2D eigenvalue weighted by molar-refractivity contribution is -0.146. The Morgan fingerprint density at radius 3 is 2.76 bits per heavy atom. The van der Waals surface area contributed by atoms with Crippen molar-refractivity contribution in [2.45, 2.75) is 11.8 Å². The lowest BCUT2D eigenvalue weighted by Crippen LogP contribution is -2.39. The van der Waals surface area contributed by atoms with Crippen LogP contribution in [0.3, 0.4) is 0 Å². The molecule has 1 atom stereocenters. The molecule has 1 aliphatic heterocycles. The van der Waals surface area contributed by atoms with Crippen molar-refractivity contribution in [3.8, 4) is 0 Å². The van der Waals surface area contributed by atoms with Crippen LogP contribution in [-0.4, -0.2) is 26.2 Å². The number of hydrogen-bond acceptors (Lipinski definition) is 3. The third-order valence-electron chi connectivity index (χ3n) is 3.18. The summed E-state index contributed by atoms with van der Waals surface area (Å²) < 4.78 is 4.91. The van der Waals surface area contributed by atoms with Gasteiger partial charge < -0.3 is 10.1 Å². The lowest BCUT2D eigenvalue weighted by atomic mass is 9.79. The molecule has 92 valence electrons. The molecule has 0 radical (unpaired) electrons. The van der Waals surface area contributed by atoms with Crippen LogP contribution in [0.2, 0.25) is 10.0 Å². The fourth-order valence-corrected chi connectivity index (χ4v) is 2.87. The van der Waals surface area contributed by atoms with Crippen molar-refractivity contribution >= 4 is 29.2 Å². The van der Waals surface area contributed by atoms with Gasteiger partial charge in [-0.3, -0.25) is 4.79 Å². The second kappa shape index (κ2) is 4.84. The normalized spacial score (nSPS) is 23.7. The van der Waals surface area contributed by atoms with E-state index in [0.717, 1.165) is 12.1 Å². The third-order valence-corrected chi connectivity index (χ3v) is 3.73. The van der Waals surface area contributed by atoms with Gasteiger partial charge in [0.25, 0.3) is 0 Å². The molecule has 5 heteroatoms. The Hall–Kier alpha value is -0.770. The molecule has 1 aromatic carbocycles. The van der Waals surface area contributed by atoms with E-state index in [1.165, 1.54) is 7.11 Å². The van der Waals surface area contributed by atoms with E-state index in [1.807, 2.05) is 0 Å². The molecule has 0 saturated carbocycles. The van der Waals surface area contributed by atoms with E-state index >= 15 is 0 Å². The van der Waals surface area contributed by atoms with Crippen LogP contribution in [0, 0.1) is 0 Å². The summed E-state index contributed by atoms with van der Waals surface area (Å²) in [5, 5.41) is 4.24. The van der Waals surface area contributed by atoms with Crippen LogP contribution < -0.4 is 5.32 Å². The van der Waals surface area contributed by atoms with Gasteiger partial charge in [0.1, 0.15) is 5.41 Å². The second-order valence-electron chi connectivity index (χ2n) is 4.12. The van der Waals surface area contributed by atoms with E-state index in [2.05, 4.69) is 5.32 Å².